The Kier molecular flexibility index (Phi) is 4.62. The molecular weight excluding hydrogens is 132 g/mol. The van der Waals surface area contributed by atoms with Crippen LogP contribution in [0.25, 0.3) is 0 Å². The van der Waals surface area contributed by atoms with Crippen LogP contribution in [0.15, 0.2) is 0 Å². The molecule has 0 rings (SSSR count). The molecule has 0 saturated carbocycles. The van der Waals surface area contributed by atoms with E-state index in [0.29, 0.717) is 4.99 Å². The Morgan fingerprint density at radius 3 is 2.78 bits per heavy atom. The van der Waals surface area contributed by atoms with Crippen molar-refractivity contribution in [3.05, 3.63) is 7.05 Å². The summed E-state index contributed by atoms with van der Waals surface area (Å²) in [7, 11) is 3.42. The first kappa shape index (κ1) is 8.85. The second kappa shape index (κ2) is 4.70. The Morgan fingerprint density at radius 2 is 2.44 bits per heavy atom. The molecule has 0 aromatic rings. The molecule has 0 heterocycles. The lowest BCUT2D eigenvalue weighted by atomic mass is 10.2. The van der Waals surface area contributed by atoms with E-state index in [1.54, 1.807) is 0 Å². The van der Waals surface area contributed by atoms with Crippen molar-refractivity contribution in [2.24, 2.45) is 5.73 Å². The fourth-order valence-electron chi connectivity index (χ4n) is 0.573. The summed E-state index contributed by atoms with van der Waals surface area (Å²) in [5, 5.41) is 2.61. The van der Waals surface area contributed by atoms with Gasteiger partial charge in [0.05, 0.1) is 11.0 Å². The van der Waals surface area contributed by atoms with Crippen LogP contribution in [0, 0.1) is 7.05 Å². The van der Waals surface area contributed by atoms with Crippen LogP contribution in [-0.2, 0) is 0 Å². The minimum atomic E-state index is -0.0116. The Morgan fingerprint density at radius 1 is 1.89 bits per heavy atom. The molecule has 0 aromatic carbocycles. The van der Waals surface area contributed by atoms with Gasteiger partial charge in [-0.15, -0.1) is 0 Å². The molecule has 0 fully saturated rings. The molecule has 0 amide bonds. The third-order valence-corrected chi connectivity index (χ3v) is 1.56. The maximum absolute atomic E-state index is 5.59. The topological polar surface area (TPSA) is 38.0 Å². The van der Waals surface area contributed by atoms with E-state index in [-0.39, 0.29) is 6.04 Å². The minimum Gasteiger partial charge on any atom is -0.377 e. The summed E-state index contributed by atoms with van der Waals surface area (Å²) >= 11 is 4.84. The Hall–Kier alpha value is -0.150. The fraction of sp³-hybridized carbons (Fsp3) is 0.667. The summed E-state index contributed by atoms with van der Waals surface area (Å²) in [5.74, 6) is 0. The molecule has 0 saturated heterocycles. The van der Waals surface area contributed by atoms with E-state index in [4.69, 9.17) is 18.0 Å². The predicted octanol–water partition coefficient (Wildman–Crippen LogP) is 0.822. The number of rotatable bonds is 3. The highest BCUT2D eigenvalue weighted by Crippen LogP contribution is 1.93. The molecule has 0 bridgehead atoms. The normalized spacial score (nSPS) is 12.8. The highest BCUT2D eigenvalue weighted by atomic mass is 32.1. The number of hydrogen-bond donors (Lipinski definition) is 2. The Labute approximate surface area is 61.8 Å². The maximum Gasteiger partial charge on any atom is 0.0924 e. The van der Waals surface area contributed by atoms with Gasteiger partial charge in [-0.2, -0.15) is 0 Å². The number of nitrogens with two attached hydrogens (primary N) is 1. The van der Waals surface area contributed by atoms with E-state index in [2.05, 4.69) is 19.3 Å². The highest BCUT2D eigenvalue weighted by Gasteiger charge is 2.03. The first-order valence-corrected chi connectivity index (χ1v) is 3.45. The van der Waals surface area contributed by atoms with Crippen LogP contribution in [0.2, 0.25) is 0 Å². The largest absolute Gasteiger partial charge is 0.377 e. The molecule has 53 valence electrons. The summed E-state index contributed by atoms with van der Waals surface area (Å²) in [6.45, 7) is 2.07. The quantitative estimate of drug-likeness (QED) is 0.577. The number of thiocarbonyl (C=S) groups is 1. The molecular formula is C6H13N2S. The van der Waals surface area contributed by atoms with Crippen molar-refractivity contribution in [1.82, 2.24) is 5.32 Å². The smallest absolute Gasteiger partial charge is 0.0924 e. The molecule has 0 aliphatic rings. The summed E-state index contributed by atoms with van der Waals surface area (Å²) in [5.41, 5.74) is 5.59. The third-order valence-electron chi connectivity index (χ3n) is 1.11. The van der Waals surface area contributed by atoms with Gasteiger partial charge in [-0.1, -0.05) is 25.6 Å². The summed E-state index contributed by atoms with van der Waals surface area (Å²) in [6, 6.07) is -0.0116. The van der Waals surface area contributed by atoms with E-state index >= 15 is 0 Å². The van der Waals surface area contributed by atoms with Gasteiger partial charge in [0.2, 0.25) is 0 Å². The molecule has 1 radical (unpaired) electrons. The standard InChI is InChI=1S/C6H13N2S/c1-3-4-5(7)6(9)8-2/h5H,2-4,7H2,1H3,(H,8,9)/t5-/m0/s1. The Balaban J connectivity index is 3.45. The molecule has 0 aliphatic carbocycles. The van der Waals surface area contributed by atoms with Crippen molar-refractivity contribution in [2.45, 2.75) is 25.8 Å². The van der Waals surface area contributed by atoms with Crippen molar-refractivity contribution in [3.63, 3.8) is 0 Å². The van der Waals surface area contributed by atoms with Crippen molar-refractivity contribution in [3.8, 4) is 0 Å². The number of hydrogen-bond acceptors (Lipinski definition) is 2. The summed E-state index contributed by atoms with van der Waals surface area (Å²) in [6.07, 6.45) is 1.99. The predicted molar refractivity (Wildman–Crippen MR) is 44.0 cm³/mol. The van der Waals surface area contributed by atoms with E-state index < -0.39 is 0 Å². The molecule has 3 N–H and O–H groups in total. The average molecular weight is 145 g/mol. The molecule has 0 spiro atoms. The van der Waals surface area contributed by atoms with Crippen LogP contribution < -0.4 is 11.1 Å². The first-order chi connectivity index (χ1) is 4.22. The zero-order chi connectivity index (χ0) is 7.28. The van der Waals surface area contributed by atoms with Gasteiger partial charge in [-0.05, 0) is 6.42 Å². The van der Waals surface area contributed by atoms with Crippen molar-refractivity contribution in [2.75, 3.05) is 0 Å². The number of nitrogens with one attached hydrogen (secondary N) is 1. The zero-order valence-corrected chi connectivity index (χ0v) is 6.50. The monoisotopic (exact) mass is 145 g/mol. The van der Waals surface area contributed by atoms with E-state index in [0.717, 1.165) is 12.8 Å². The van der Waals surface area contributed by atoms with Gasteiger partial charge < -0.3 is 11.1 Å². The van der Waals surface area contributed by atoms with Crippen LogP contribution in [0.3, 0.4) is 0 Å². The van der Waals surface area contributed by atoms with Gasteiger partial charge in [-0.25, -0.2) is 0 Å². The van der Waals surface area contributed by atoms with Gasteiger partial charge in [0.15, 0.2) is 0 Å². The molecule has 0 aliphatic heterocycles. The molecule has 1 atom stereocenters. The fourth-order valence-corrected chi connectivity index (χ4v) is 0.691. The van der Waals surface area contributed by atoms with Crippen molar-refractivity contribution < 1.29 is 0 Å². The summed E-state index contributed by atoms with van der Waals surface area (Å²) in [4.78, 5) is 0.650. The van der Waals surface area contributed by atoms with Gasteiger partial charge in [-0.3, -0.25) is 0 Å². The second-order valence-corrected chi connectivity index (χ2v) is 2.38. The lowest BCUT2D eigenvalue weighted by Crippen LogP contribution is -2.35. The molecule has 2 nitrogen and oxygen atoms in total. The van der Waals surface area contributed by atoms with Gasteiger partial charge in [0.25, 0.3) is 0 Å². The van der Waals surface area contributed by atoms with Crippen molar-refractivity contribution >= 4 is 17.2 Å². The zero-order valence-electron chi connectivity index (χ0n) is 5.68. The average Bonchev–Trinajstić information content (AvgIpc) is 1.87. The lowest BCUT2D eigenvalue weighted by molar-refractivity contribution is 0.726. The van der Waals surface area contributed by atoms with Crippen molar-refractivity contribution in [1.29, 1.82) is 0 Å². The van der Waals surface area contributed by atoms with Crippen LogP contribution in [0.5, 0.6) is 0 Å². The third kappa shape index (κ3) is 3.43. The maximum atomic E-state index is 5.59. The first-order valence-electron chi connectivity index (χ1n) is 3.05. The van der Waals surface area contributed by atoms with Gasteiger partial charge >= 0.3 is 0 Å². The summed E-state index contributed by atoms with van der Waals surface area (Å²) < 4.78 is 0. The van der Waals surface area contributed by atoms with E-state index in [1.165, 1.54) is 0 Å². The van der Waals surface area contributed by atoms with E-state index in [9.17, 15) is 0 Å². The van der Waals surface area contributed by atoms with Crippen LogP contribution >= 0.6 is 12.2 Å². The van der Waals surface area contributed by atoms with Crippen LogP contribution in [0.4, 0.5) is 0 Å². The van der Waals surface area contributed by atoms with E-state index in [1.807, 2.05) is 0 Å². The highest BCUT2D eigenvalue weighted by molar-refractivity contribution is 7.80. The lowest BCUT2D eigenvalue weighted by Gasteiger charge is -2.09. The van der Waals surface area contributed by atoms with Crippen LogP contribution in [-0.4, -0.2) is 11.0 Å². The SMILES string of the molecule is [CH2]NC(=S)[C@@H](N)CCC. The Bertz CT molecular complexity index is 93.1. The minimum absolute atomic E-state index is 0.0116. The van der Waals surface area contributed by atoms with Crippen LogP contribution in [0.1, 0.15) is 19.8 Å². The molecule has 0 unspecified atom stereocenters. The van der Waals surface area contributed by atoms with Gasteiger partial charge in [0.1, 0.15) is 0 Å². The second-order valence-electron chi connectivity index (χ2n) is 1.94. The molecule has 3 heteroatoms. The van der Waals surface area contributed by atoms with Gasteiger partial charge in [0, 0.05) is 7.05 Å². The molecule has 0 aromatic heterocycles. The molecule has 9 heavy (non-hydrogen) atoms.